The molecule has 0 fully saturated rings. The lowest BCUT2D eigenvalue weighted by atomic mass is 10.1. The van der Waals surface area contributed by atoms with Gasteiger partial charge in [-0.25, -0.2) is 9.78 Å². The summed E-state index contributed by atoms with van der Waals surface area (Å²) >= 11 is 0. The molecule has 0 amide bonds. The first-order valence-electron chi connectivity index (χ1n) is 4.95. The fraction of sp³-hybridized carbons (Fsp3) is 0.273. The monoisotopic (exact) mass is 220 g/mol. The van der Waals surface area contributed by atoms with E-state index in [0.717, 1.165) is 10.9 Å². The zero-order valence-electron chi connectivity index (χ0n) is 9.07. The summed E-state index contributed by atoms with van der Waals surface area (Å²) in [5, 5.41) is 9.84. The third-order valence-corrected chi connectivity index (χ3v) is 2.54. The first kappa shape index (κ1) is 10.5. The molecule has 2 N–H and O–H groups in total. The molecule has 0 spiro atoms. The summed E-state index contributed by atoms with van der Waals surface area (Å²) in [4.78, 5) is 17.9. The van der Waals surface area contributed by atoms with Gasteiger partial charge in [0, 0.05) is 5.39 Å². The molecular weight excluding hydrogens is 208 g/mol. The standard InChI is InChI=1S/C11H12N2O3/c1-3-7-8-4-6(16-2)5-12-10(8)13-9(7)11(14)15/h4-5H,3H2,1-2H3,(H,12,13)(H,14,15). The van der Waals surface area contributed by atoms with Gasteiger partial charge in [-0.1, -0.05) is 6.92 Å². The van der Waals surface area contributed by atoms with Crippen molar-refractivity contribution in [3.8, 4) is 5.75 Å². The fourth-order valence-electron chi connectivity index (χ4n) is 1.77. The van der Waals surface area contributed by atoms with Crippen LogP contribution in [0.2, 0.25) is 0 Å². The van der Waals surface area contributed by atoms with Crippen LogP contribution in [0.25, 0.3) is 11.0 Å². The molecule has 2 aromatic rings. The molecule has 84 valence electrons. The number of carboxylic acid groups (broad SMARTS) is 1. The Kier molecular flexibility index (Phi) is 2.52. The van der Waals surface area contributed by atoms with Crippen LogP contribution in [0.3, 0.4) is 0 Å². The Bertz CT molecular complexity index is 545. The maximum atomic E-state index is 11.0. The average molecular weight is 220 g/mol. The zero-order valence-corrected chi connectivity index (χ0v) is 9.07. The maximum Gasteiger partial charge on any atom is 0.352 e. The van der Waals surface area contributed by atoms with E-state index in [2.05, 4.69) is 9.97 Å². The summed E-state index contributed by atoms with van der Waals surface area (Å²) in [5.41, 5.74) is 1.54. The zero-order chi connectivity index (χ0) is 11.7. The minimum atomic E-state index is -0.964. The molecule has 0 aliphatic carbocycles. The number of ether oxygens (including phenoxy) is 1. The second-order valence-corrected chi connectivity index (χ2v) is 3.41. The van der Waals surface area contributed by atoms with E-state index in [1.165, 1.54) is 0 Å². The van der Waals surface area contributed by atoms with Crippen molar-refractivity contribution in [3.63, 3.8) is 0 Å². The third-order valence-electron chi connectivity index (χ3n) is 2.54. The molecule has 0 saturated heterocycles. The molecule has 2 rings (SSSR count). The van der Waals surface area contributed by atoms with Gasteiger partial charge >= 0.3 is 5.97 Å². The van der Waals surface area contributed by atoms with Crippen LogP contribution in [0.5, 0.6) is 5.75 Å². The molecule has 2 heterocycles. The number of nitrogens with zero attached hydrogens (tertiary/aromatic N) is 1. The Morgan fingerprint density at radius 1 is 1.62 bits per heavy atom. The van der Waals surface area contributed by atoms with Gasteiger partial charge in [0.25, 0.3) is 0 Å². The van der Waals surface area contributed by atoms with E-state index in [0.29, 0.717) is 17.8 Å². The van der Waals surface area contributed by atoms with Crippen LogP contribution < -0.4 is 4.74 Å². The summed E-state index contributed by atoms with van der Waals surface area (Å²) in [5.74, 6) is -0.341. The molecule has 0 aromatic carbocycles. The summed E-state index contributed by atoms with van der Waals surface area (Å²) in [7, 11) is 1.55. The lowest BCUT2D eigenvalue weighted by Gasteiger charge is -1.99. The number of hydrogen-bond donors (Lipinski definition) is 2. The maximum absolute atomic E-state index is 11.0. The van der Waals surface area contributed by atoms with E-state index in [-0.39, 0.29) is 5.69 Å². The Balaban J connectivity index is 2.73. The molecular formula is C11H12N2O3. The van der Waals surface area contributed by atoms with Crippen LogP contribution in [-0.2, 0) is 6.42 Å². The lowest BCUT2D eigenvalue weighted by Crippen LogP contribution is -2.00. The number of carboxylic acids is 1. The lowest BCUT2D eigenvalue weighted by molar-refractivity contribution is 0.0690. The molecule has 0 radical (unpaired) electrons. The summed E-state index contributed by atoms with van der Waals surface area (Å²) < 4.78 is 5.07. The molecule has 5 heteroatoms. The van der Waals surface area contributed by atoms with Gasteiger partial charge in [-0.3, -0.25) is 0 Å². The van der Waals surface area contributed by atoms with Gasteiger partial charge in [0.05, 0.1) is 13.3 Å². The largest absolute Gasteiger partial charge is 0.495 e. The van der Waals surface area contributed by atoms with E-state index < -0.39 is 5.97 Å². The predicted octanol–water partition coefficient (Wildman–Crippen LogP) is 1.83. The Hall–Kier alpha value is -2.04. The number of H-pyrrole nitrogens is 1. The van der Waals surface area contributed by atoms with Crippen molar-refractivity contribution in [2.24, 2.45) is 0 Å². The van der Waals surface area contributed by atoms with E-state index >= 15 is 0 Å². The summed E-state index contributed by atoms with van der Waals surface area (Å²) in [6.07, 6.45) is 2.19. The molecule has 5 nitrogen and oxygen atoms in total. The summed E-state index contributed by atoms with van der Waals surface area (Å²) in [6.45, 7) is 1.91. The van der Waals surface area contributed by atoms with Gasteiger partial charge in [0.2, 0.25) is 0 Å². The first-order valence-corrected chi connectivity index (χ1v) is 4.95. The van der Waals surface area contributed by atoms with Gasteiger partial charge in [-0.15, -0.1) is 0 Å². The van der Waals surface area contributed by atoms with Crippen LogP contribution >= 0.6 is 0 Å². The highest BCUT2D eigenvalue weighted by atomic mass is 16.5. The van der Waals surface area contributed by atoms with Crippen molar-refractivity contribution >= 4 is 17.0 Å². The molecule has 16 heavy (non-hydrogen) atoms. The van der Waals surface area contributed by atoms with Gasteiger partial charge in [-0.2, -0.15) is 0 Å². The number of nitrogens with one attached hydrogen (secondary N) is 1. The van der Waals surface area contributed by atoms with Gasteiger partial charge < -0.3 is 14.8 Å². The van der Waals surface area contributed by atoms with Crippen molar-refractivity contribution in [2.75, 3.05) is 7.11 Å². The van der Waals surface area contributed by atoms with Crippen LogP contribution in [0.4, 0.5) is 0 Å². The van der Waals surface area contributed by atoms with Crippen molar-refractivity contribution in [1.82, 2.24) is 9.97 Å². The number of aromatic carboxylic acids is 1. The Morgan fingerprint density at radius 2 is 2.38 bits per heavy atom. The van der Waals surface area contributed by atoms with E-state index in [1.807, 2.05) is 6.92 Å². The molecule has 0 atom stereocenters. The van der Waals surface area contributed by atoms with Crippen LogP contribution in [-0.4, -0.2) is 28.2 Å². The molecule has 0 aliphatic heterocycles. The molecule has 2 aromatic heterocycles. The number of aryl methyl sites for hydroxylation is 1. The van der Waals surface area contributed by atoms with Gasteiger partial charge in [0.1, 0.15) is 17.1 Å². The minimum Gasteiger partial charge on any atom is -0.495 e. The highest BCUT2D eigenvalue weighted by Crippen LogP contribution is 2.25. The smallest absolute Gasteiger partial charge is 0.352 e. The van der Waals surface area contributed by atoms with E-state index in [9.17, 15) is 4.79 Å². The molecule has 0 bridgehead atoms. The fourth-order valence-corrected chi connectivity index (χ4v) is 1.77. The minimum absolute atomic E-state index is 0.207. The number of rotatable bonds is 3. The van der Waals surface area contributed by atoms with Crippen molar-refractivity contribution in [2.45, 2.75) is 13.3 Å². The SMILES string of the molecule is CCc1c(C(=O)O)[nH]c2ncc(OC)cc12. The summed E-state index contributed by atoms with van der Waals surface area (Å²) in [6, 6.07) is 1.80. The quantitative estimate of drug-likeness (QED) is 0.827. The van der Waals surface area contributed by atoms with Gasteiger partial charge in [0.15, 0.2) is 0 Å². The number of aromatic amines is 1. The van der Waals surface area contributed by atoms with Gasteiger partial charge in [-0.05, 0) is 18.1 Å². The predicted molar refractivity (Wildman–Crippen MR) is 59.0 cm³/mol. The third kappa shape index (κ3) is 1.50. The highest BCUT2D eigenvalue weighted by Gasteiger charge is 2.16. The second-order valence-electron chi connectivity index (χ2n) is 3.41. The van der Waals surface area contributed by atoms with Crippen molar-refractivity contribution in [1.29, 1.82) is 0 Å². The number of hydrogen-bond acceptors (Lipinski definition) is 3. The number of pyridine rings is 1. The number of fused-ring (bicyclic) bond motifs is 1. The van der Waals surface area contributed by atoms with Crippen molar-refractivity contribution < 1.29 is 14.6 Å². The topological polar surface area (TPSA) is 75.2 Å². The van der Waals surface area contributed by atoms with E-state index in [1.54, 1.807) is 19.4 Å². The van der Waals surface area contributed by atoms with Crippen LogP contribution in [0, 0.1) is 0 Å². The van der Waals surface area contributed by atoms with Crippen LogP contribution in [0.1, 0.15) is 23.0 Å². The first-order chi connectivity index (χ1) is 7.67. The molecule has 0 unspecified atom stereocenters. The Labute approximate surface area is 92.1 Å². The normalized spacial score (nSPS) is 10.6. The number of carbonyl (C=O) groups is 1. The average Bonchev–Trinajstić information content (AvgIpc) is 2.66. The number of aromatic nitrogens is 2. The van der Waals surface area contributed by atoms with Crippen molar-refractivity contribution in [3.05, 3.63) is 23.5 Å². The molecule has 0 saturated carbocycles. The number of methoxy groups -OCH3 is 1. The van der Waals surface area contributed by atoms with Crippen LogP contribution in [0.15, 0.2) is 12.3 Å². The molecule has 0 aliphatic rings. The Morgan fingerprint density at radius 3 is 2.94 bits per heavy atom. The highest BCUT2D eigenvalue weighted by molar-refractivity contribution is 5.96. The van der Waals surface area contributed by atoms with E-state index in [4.69, 9.17) is 9.84 Å². The second kappa shape index (κ2) is 3.84.